The third-order valence-electron chi connectivity index (χ3n) is 5.61. The minimum Gasteiger partial charge on any atom is -0.353 e. The lowest BCUT2D eigenvalue weighted by Gasteiger charge is -2.35. The van der Waals surface area contributed by atoms with E-state index >= 15 is 0 Å². The summed E-state index contributed by atoms with van der Waals surface area (Å²) in [6.07, 6.45) is 5.43. The van der Waals surface area contributed by atoms with Gasteiger partial charge in [-0.15, -0.1) is 0 Å². The van der Waals surface area contributed by atoms with Crippen molar-refractivity contribution < 1.29 is 0 Å². The molecule has 0 unspecified atom stereocenters. The molecule has 0 spiro atoms. The monoisotopic (exact) mass is 384 g/mol. The molecule has 29 heavy (non-hydrogen) atoms. The average Bonchev–Trinajstić information content (AvgIpc) is 3.29. The number of hydrogen-bond acceptors (Lipinski definition) is 5. The van der Waals surface area contributed by atoms with E-state index in [1.165, 1.54) is 11.1 Å². The predicted molar refractivity (Wildman–Crippen MR) is 116 cm³/mol. The Morgan fingerprint density at radius 3 is 2.66 bits per heavy atom. The van der Waals surface area contributed by atoms with Gasteiger partial charge in [0.15, 0.2) is 0 Å². The van der Waals surface area contributed by atoms with Crippen LogP contribution >= 0.6 is 0 Å². The van der Waals surface area contributed by atoms with Crippen LogP contribution in [0.25, 0.3) is 22.0 Å². The summed E-state index contributed by atoms with van der Waals surface area (Å²) < 4.78 is 0. The summed E-state index contributed by atoms with van der Waals surface area (Å²) in [4.78, 5) is 14.0. The number of H-pyrrole nitrogens is 1. The Bertz CT molecular complexity index is 1110. The highest BCUT2D eigenvalue weighted by atomic mass is 15.3. The average molecular weight is 384 g/mol. The summed E-state index contributed by atoms with van der Waals surface area (Å²) in [6, 6.07) is 15.1. The molecule has 1 aliphatic rings. The molecule has 1 N–H and O–H groups in total. The lowest BCUT2D eigenvalue weighted by molar-refractivity contribution is 0.249. The number of anilines is 1. The van der Waals surface area contributed by atoms with Gasteiger partial charge < -0.3 is 4.90 Å². The van der Waals surface area contributed by atoms with Crippen LogP contribution in [-0.4, -0.2) is 51.2 Å². The minimum absolute atomic E-state index is 0.966. The molecular weight excluding hydrogens is 360 g/mol. The fourth-order valence-electron chi connectivity index (χ4n) is 4.07. The van der Waals surface area contributed by atoms with Gasteiger partial charge in [-0.1, -0.05) is 35.9 Å². The highest BCUT2D eigenvalue weighted by Gasteiger charge is 2.20. The first-order valence-electron chi connectivity index (χ1n) is 10.0. The van der Waals surface area contributed by atoms with Crippen molar-refractivity contribution in [2.75, 3.05) is 31.1 Å². The molecule has 3 heterocycles. The van der Waals surface area contributed by atoms with E-state index < -0.39 is 0 Å². The Kier molecular flexibility index (Phi) is 4.69. The molecule has 6 heteroatoms. The topological polar surface area (TPSA) is 60.9 Å². The number of aromatic nitrogens is 4. The van der Waals surface area contributed by atoms with Crippen molar-refractivity contribution in [2.45, 2.75) is 13.5 Å². The molecule has 0 bridgehead atoms. The second-order valence-corrected chi connectivity index (χ2v) is 7.67. The number of nitrogens with one attached hydrogen (secondary N) is 1. The van der Waals surface area contributed by atoms with E-state index in [9.17, 15) is 0 Å². The van der Waals surface area contributed by atoms with Crippen molar-refractivity contribution in [1.82, 2.24) is 25.1 Å². The van der Waals surface area contributed by atoms with Gasteiger partial charge in [0, 0.05) is 49.9 Å². The number of piperazine rings is 1. The number of rotatable bonds is 4. The van der Waals surface area contributed by atoms with E-state index in [2.05, 4.69) is 79.4 Å². The van der Waals surface area contributed by atoms with E-state index in [1.807, 2.05) is 12.4 Å². The molecule has 5 rings (SSSR count). The molecular formula is C23H24N6. The van der Waals surface area contributed by atoms with Crippen molar-refractivity contribution in [3.63, 3.8) is 0 Å². The number of aromatic amines is 1. The van der Waals surface area contributed by atoms with E-state index in [0.29, 0.717) is 0 Å². The molecule has 1 saturated heterocycles. The standard InChI is InChI=1S/C23H24N6/c1-17-3-2-4-18(11-17)15-28-7-9-29(10-8-28)23-21-12-19(20-13-26-27-14-20)5-6-22(21)24-16-25-23/h2-6,11-14,16H,7-10,15H2,1H3,(H,26,27). The molecule has 0 aliphatic carbocycles. The van der Waals surface area contributed by atoms with Crippen molar-refractivity contribution in [1.29, 1.82) is 0 Å². The second-order valence-electron chi connectivity index (χ2n) is 7.67. The summed E-state index contributed by atoms with van der Waals surface area (Å²) >= 11 is 0. The highest BCUT2D eigenvalue weighted by molar-refractivity contribution is 5.92. The first-order chi connectivity index (χ1) is 14.3. The predicted octanol–water partition coefficient (Wildman–Crippen LogP) is 3.65. The zero-order chi connectivity index (χ0) is 19.6. The quantitative estimate of drug-likeness (QED) is 0.582. The van der Waals surface area contributed by atoms with Crippen LogP contribution < -0.4 is 4.90 Å². The number of nitrogens with zero attached hydrogens (tertiary/aromatic N) is 5. The van der Waals surface area contributed by atoms with Gasteiger partial charge in [-0.2, -0.15) is 5.10 Å². The van der Waals surface area contributed by atoms with Crippen LogP contribution in [0.4, 0.5) is 5.82 Å². The molecule has 2 aromatic heterocycles. The van der Waals surface area contributed by atoms with Gasteiger partial charge in [-0.3, -0.25) is 10.00 Å². The zero-order valence-corrected chi connectivity index (χ0v) is 16.5. The molecule has 2 aromatic carbocycles. The lowest BCUT2D eigenvalue weighted by Crippen LogP contribution is -2.46. The Labute approximate surface area is 170 Å². The smallest absolute Gasteiger partial charge is 0.139 e. The van der Waals surface area contributed by atoms with Crippen LogP contribution in [-0.2, 0) is 6.54 Å². The number of hydrogen-bond donors (Lipinski definition) is 1. The SMILES string of the molecule is Cc1cccc(CN2CCN(c3ncnc4ccc(-c5cn[nH]c5)cc34)CC2)c1. The van der Waals surface area contributed by atoms with Crippen molar-refractivity contribution in [3.8, 4) is 11.1 Å². The van der Waals surface area contributed by atoms with Gasteiger partial charge in [-0.25, -0.2) is 9.97 Å². The van der Waals surface area contributed by atoms with Gasteiger partial charge in [0.25, 0.3) is 0 Å². The molecule has 6 nitrogen and oxygen atoms in total. The Hall–Kier alpha value is -3.25. The maximum atomic E-state index is 4.65. The number of aryl methyl sites for hydroxylation is 1. The van der Waals surface area contributed by atoms with Crippen LogP contribution in [0.15, 0.2) is 61.2 Å². The second kappa shape index (κ2) is 7.64. The van der Waals surface area contributed by atoms with Crippen LogP contribution in [0.3, 0.4) is 0 Å². The minimum atomic E-state index is 0.966. The fraction of sp³-hybridized carbons (Fsp3) is 0.261. The summed E-state index contributed by atoms with van der Waals surface area (Å²) in [7, 11) is 0. The Morgan fingerprint density at radius 2 is 1.86 bits per heavy atom. The van der Waals surface area contributed by atoms with Crippen molar-refractivity contribution in [3.05, 3.63) is 72.3 Å². The molecule has 1 aliphatic heterocycles. The van der Waals surface area contributed by atoms with Gasteiger partial charge in [0.1, 0.15) is 12.1 Å². The van der Waals surface area contributed by atoms with Gasteiger partial charge in [0.05, 0.1) is 11.7 Å². The van der Waals surface area contributed by atoms with Gasteiger partial charge >= 0.3 is 0 Å². The van der Waals surface area contributed by atoms with E-state index in [0.717, 1.165) is 60.6 Å². The summed E-state index contributed by atoms with van der Waals surface area (Å²) in [5.74, 6) is 1.02. The molecule has 4 aromatic rings. The molecule has 1 fully saturated rings. The van der Waals surface area contributed by atoms with E-state index in [4.69, 9.17) is 0 Å². The normalized spacial score (nSPS) is 15.1. The Morgan fingerprint density at radius 1 is 0.966 bits per heavy atom. The van der Waals surface area contributed by atoms with Crippen molar-refractivity contribution >= 4 is 16.7 Å². The third kappa shape index (κ3) is 3.71. The summed E-state index contributed by atoms with van der Waals surface area (Å²) in [5.41, 5.74) is 5.88. The highest BCUT2D eigenvalue weighted by Crippen LogP contribution is 2.29. The lowest BCUT2D eigenvalue weighted by atomic mass is 10.1. The molecule has 0 amide bonds. The maximum Gasteiger partial charge on any atom is 0.139 e. The number of benzene rings is 2. The van der Waals surface area contributed by atoms with E-state index in [-0.39, 0.29) is 0 Å². The van der Waals surface area contributed by atoms with E-state index in [1.54, 1.807) is 6.33 Å². The molecule has 146 valence electrons. The maximum absolute atomic E-state index is 4.65. The third-order valence-corrected chi connectivity index (χ3v) is 5.61. The molecule has 0 saturated carbocycles. The van der Waals surface area contributed by atoms with Crippen LogP contribution in [0, 0.1) is 6.92 Å². The molecule has 0 radical (unpaired) electrons. The zero-order valence-electron chi connectivity index (χ0n) is 16.5. The fourth-order valence-corrected chi connectivity index (χ4v) is 4.07. The van der Waals surface area contributed by atoms with Crippen LogP contribution in [0.5, 0.6) is 0 Å². The largest absolute Gasteiger partial charge is 0.353 e. The van der Waals surface area contributed by atoms with Crippen LogP contribution in [0.1, 0.15) is 11.1 Å². The first kappa shape index (κ1) is 17.8. The van der Waals surface area contributed by atoms with Gasteiger partial charge in [0.2, 0.25) is 0 Å². The van der Waals surface area contributed by atoms with Crippen molar-refractivity contribution in [2.24, 2.45) is 0 Å². The van der Waals surface area contributed by atoms with Crippen LogP contribution in [0.2, 0.25) is 0 Å². The Balaban J connectivity index is 1.35. The first-order valence-corrected chi connectivity index (χ1v) is 10.0. The number of fused-ring (bicyclic) bond motifs is 1. The van der Waals surface area contributed by atoms with Gasteiger partial charge in [-0.05, 0) is 30.2 Å². The summed E-state index contributed by atoms with van der Waals surface area (Å²) in [6.45, 7) is 7.15. The molecule has 0 atom stereocenters. The summed E-state index contributed by atoms with van der Waals surface area (Å²) in [5, 5.41) is 8.05.